The number of hydrogen-bond acceptors (Lipinski definition) is 8. The van der Waals surface area contributed by atoms with Crippen LogP contribution in [0.2, 0.25) is 0 Å². The van der Waals surface area contributed by atoms with Gasteiger partial charge in [-0.3, -0.25) is 18.6 Å². The number of hydrogen-bond donors (Lipinski definition) is 2. The lowest BCUT2D eigenvalue weighted by Gasteiger charge is -2.19. The highest BCUT2D eigenvalue weighted by molar-refractivity contribution is 7.47. The maximum Gasteiger partial charge on any atom is 0.472 e. The third-order valence-corrected chi connectivity index (χ3v) is 16.0. The summed E-state index contributed by atoms with van der Waals surface area (Å²) in [6, 6.07) is 0. The minimum atomic E-state index is -4.38. The SMILES string of the molecule is CCCCCCCCCCCCCCCCCCCCCCCCCCCCC(=O)OCC(COP(=O)(O)OCCN)OC(=O)CCCCCCCCCCCCCCCCCCCCCCCCCCCC. The zero-order valence-corrected chi connectivity index (χ0v) is 49.8. The van der Waals surface area contributed by atoms with E-state index in [1.807, 2.05) is 0 Å². The molecular weight excluding hydrogens is 930 g/mol. The molecule has 0 aromatic carbocycles. The Bertz CT molecular complexity index is 1160. The van der Waals surface area contributed by atoms with Gasteiger partial charge in [-0.1, -0.05) is 335 Å². The van der Waals surface area contributed by atoms with Crippen molar-refractivity contribution in [1.29, 1.82) is 0 Å². The second-order valence-electron chi connectivity index (χ2n) is 22.4. The third-order valence-electron chi connectivity index (χ3n) is 15.0. The number of ether oxygens (including phenoxy) is 2. The Hall–Kier alpha value is -0.990. The summed E-state index contributed by atoms with van der Waals surface area (Å²) in [6.45, 7) is 3.84. The van der Waals surface area contributed by atoms with Crippen LogP contribution in [0.15, 0.2) is 0 Å². The molecule has 10 heteroatoms. The molecule has 0 spiro atoms. The van der Waals surface area contributed by atoms with E-state index in [1.54, 1.807) is 0 Å². The van der Waals surface area contributed by atoms with Crippen molar-refractivity contribution in [3.05, 3.63) is 0 Å². The number of esters is 2. The molecule has 0 amide bonds. The largest absolute Gasteiger partial charge is 0.472 e. The van der Waals surface area contributed by atoms with E-state index in [0.29, 0.717) is 12.8 Å². The second-order valence-corrected chi connectivity index (χ2v) is 23.8. The van der Waals surface area contributed by atoms with Crippen molar-refractivity contribution in [1.82, 2.24) is 0 Å². The molecule has 0 rings (SSSR count). The molecule has 0 fully saturated rings. The van der Waals surface area contributed by atoms with E-state index < -0.39 is 26.5 Å². The first-order valence-electron chi connectivity index (χ1n) is 32.5. The number of phosphoric acid groups is 1. The van der Waals surface area contributed by atoms with Gasteiger partial charge >= 0.3 is 19.8 Å². The Balaban J connectivity index is 3.84. The molecule has 3 N–H and O–H groups in total. The minimum absolute atomic E-state index is 0.0588. The van der Waals surface area contributed by atoms with Gasteiger partial charge in [0.2, 0.25) is 0 Å². The molecule has 73 heavy (non-hydrogen) atoms. The summed E-state index contributed by atoms with van der Waals surface area (Å²) < 4.78 is 33.1. The van der Waals surface area contributed by atoms with Crippen molar-refractivity contribution in [2.75, 3.05) is 26.4 Å². The Morgan fingerprint density at radius 3 is 0.836 bits per heavy atom. The smallest absolute Gasteiger partial charge is 0.462 e. The predicted molar refractivity (Wildman–Crippen MR) is 312 cm³/mol. The van der Waals surface area contributed by atoms with Gasteiger partial charge in [-0.2, -0.15) is 0 Å². The summed E-state index contributed by atoms with van der Waals surface area (Å²) in [7, 11) is -4.38. The van der Waals surface area contributed by atoms with Gasteiger partial charge in [0.1, 0.15) is 6.61 Å². The monoisotopic (exact) mass is 1060 g/mol. The van der Waals surface area contributed by atoms with Gasteiger partial charge in [0, 0.05) is 19.4 Å². The van der Waals surface area contributed by atoms with E-state index in [1.165, 1.54) is 295 Å². The first-order valence-corrected chi connectivity index (χ1v) is 34.0. The van der Waals surface area contributed by atoms with Gasteiger partial charge in [0.05, 0.1) is 13.2 Å². The van der Waals surface area contributed by atoms with Crippen LogP contribution in [-0.4, -0.2) is 49.3 Å². The van der Waals surface area contributed by atoms with Gasteiger partial charge in [0.15, 0.2) is 6.10 Å². The van der Waals surface area contributed by atoms with E-state index in [0.717, 1.165) is 32.1 Å². The third kappa shape index (κ3) is 60.1. The van der Waals surface area contributed by atoms with Gasteiger partial charge in [-0.05, 0) is 12.8 Å². The molecule has 0 aromatic heterocycles. The lowest BCUT2D eigenvalue weighted by Crippen LogP contribution is -2.29. The molecule has 2 atom stereocenters. The van der Waals surface area contributed by atoms with Crippen molar-refractivity contribution < 1.29 is 37.6 Å². The lowest BCUT2D eigenvalue weighted by atomic mass is 10.0. The normalized spacial score (nSPS) is 12.9. The molecule has 9 nitrogen and oxygen atoms in total. The highest BCUT2D eigenvalue weighted by Crippen LogP contribution is 2.43. The van der Waals surface area contributed by atoms with Crippen LogP contribution in [0.3, 0.4) is 0 Å². The molecule has 0 aromatic rings. The summed E-state index contributed by atoms with van der Waals surface area (Å²) >= 11 is 0. The van der Waals surface area contributed by atoms with Crippen molar-refractivity contribution in [3.8, 4) is 0 Å². The fraction of sp³-hybridized carbons (Fsp3) is 0.968. The van der Waals surface area contributed by atoms with Crippen LogP contribution in [0.25, 0.3) is 0 Å². The molecule has 0 saturated carbocycles. The molecular formula is C63H126NO8P. The predicted octanol–water partition coefficient (Wildman–Crippen LogP) is 20.6. The van der Waals surface area contributed by atoms with Crippen LogP contribution in [-0.2, 0) is 32.7 Å². The number of rotatable bonds is 63. The van der Waals surface area contributed by atoms with Crippen LogP contribution in [0.4, 0.5) is 0 Å². The van der Waals surface area contributed by atoms with Crippen molar-refractivity contribution >= 4 is 19.8 Å². The molecule has 2 unspecified atom stereocenters. The number of nitrogens with two attached hydrogens (primary N) is 1. The lowest BCUT2D eigenvalue weighted by molar-refractivity contribution is -0.161. The Kier molecular flexibility index (Phi) is 59.4. The van der Waals surface area contributed by atoms with Gasteiger partial charge in [-0.15, -0.1) is 0 Å². The van der Waals surface area contributed by atoms with Crippen molar-refractivity contribution in [2.45, 2.75) is 367 Å². The Morgan fingerprint density at radius 2 is 0.589 bits per heavy atom. The summed E-state index contributed by atoms with van der Waals surface area (Å²) in [4.78, 5) is 35.3. The van der Waals surface area contributed by atoms with E-state index in [2.05, 4.69) is 13.8 Å². The van der Waals surface area contributed by atoms with Crippen LogP contribution in [0, 0.1) is 0 Å². The van der Waals surface area contributed by atoms with E-state index in [9.17, 15) is 19.0 Å². The van der Waals surface area contributed by atoms with E-state index in [-0.39, 0.29) is 32.1 Å². The van der Waals surface area contributed by atoms with Gasteiger partial charge in [-0.25, -0.2) is 4.57 Å². The number of carbonyl (C=O) groups is 2. The Morgan fingerprint density at radius 1 is 0.356 bits per heavy atom. The highest BCUT2D eigenvalue weighted by atomic mass is 31.2. The average molecular weight is 1060 g/mol. The van der Waals surface area contributed by atoms with Gasteiger partial charge < -0.3 is 20.1 Å². The van der Waals surface area contributed by atoms with Crippen LogP contribution >= 0.6 is 7.82 Å². The van der Waals surface area contributed by atoms with Gasteiger partial charge in [0.25, 0.3) is 0 Å². The maximum atomic E-state index is 12.7. The molecule has 0 aliphatic carbocycles. The van der Waals surface area contributed by atoms with E-state index >= 15 is 0 Å². The summed E-state index contributed by atoms with van der Waals surface area (Å²) in [6.07, 6.45) is 69.0. The molecule has 0 bridgehead atoms. The topological polar surface area (TPSA) is 134 Å². The van der Waals surface area contributed by atoms with Crippen LogP contribution < -0.4 is 5.73 Å². The molecule has 0 aliphatic heterocycles. The zero-order chi connectivity index (χ0) is 53.1. The standard InChI is InChI=1S/C63H126NO8P/c1-3-5-7-9-11-13-15-17-19-21-23-25-27-29-31-33-35-37-39-41-43-45-47-49-51-53-55-62(65)69-59-61(60-71-73(67,68)70-58-57-64)72-63(66)56-54-52-50-48-46-44-42-40-38-36-34-32-30-28-26-24-22-20-18-16-14-12-10-8-6-4-2/h61H,3-60,64H2,1-2H3,(H,67,68). The fourth-order valence-electron chi connectivity index (χ4n) is 10.2. The fourth-order valence-corrected chi connectivity index (χ4v) is 10.9. The number of phosphoric ester groups is 1. The van der Waals surface area contributed by atoms with Crippen molar-refractivity contribution in [3.63, 3.8) is 0 Å². The first kappa shape index (κ1) is 72.0. The highest BCUT2D eigenvalue weighted by Gasteiger charge is 2.26. The van der Waals surface area contributed by atoms with E-state index in [4.69, 9.17) is 24.3 Å². The first-order chi connectivity index (χ1) is 35.8. The minimum Gasteiger partial charge on any atom is -0.462 e. The average Bonchev–Trinajstić information content (AvgIpc) is 3.38. The molecule has 0 aliphatic rings. The Labute approximate surface area is 454 Å². The molecule has 0 radical (unpaired) electrons. The number of unbranched alkanes of at least 4 members (excludes halogenated alkanes) is 50. The zero-order valence-electron chi connectivity index (χ0n) is 48.9. The second kappa shape index (κ2) is 60.2. The molecule has 436 valence electrons. The van der Waals surface area contributed by atoms with Crippen molar-refractivity contribution in [2.24, 2.45) is 5.73 Å². The maximum absolute atomic E-state index is 12.7. The van der Waals surface area contributed by atoms with Crippen LogP contribution in [0.5, 0.6) is 0 Å². The molecule has 0 heterocycles. The van der Waals surface area contributed by atoms with Crippen LogP contribution in [0.1, 0.15) is 361 Å². The number of carbonyl (C=O) groups excluding carboxylic acids is 2. The summed E-state index contributed by atoms with van der Waals surface area (Å²) in [5, 5.41) is 0. The quantitative estimate of drug-likeness (QED) is 0.0347. The molecule has 0 saturated heterocycles. The summed E-state index contributed by atoms with van der Waals surface area (Å²) in [5.41, 5.74) is 5.39. The summed E-state index contributed by atoms with van der Waals surface area (Å²) in [5.74, 6) is -0.799.